The summed E-state index contributed by atoms with van der Waals surface area (Å²) in [6.45, 7) is -5.81. The number of carbonyl (C=O) groups is 1. The predicted octanol–water partition coefficient (Wildman–Crippen LogP) is 2.12. The maximum absolute atomic E-state index is 16.0. The first-order valence-electron chi connectivity index (χ1n) is 13.2. The van der Waals surface area contributed by atoms with Gasteiger partial charge in [-0.1, -0.05) is 0 Å². The van der Waals surface area contributed by atoms with E-state index >= 15 is 8.78 Å². The van der Waals surface area contributed by atoms with Crippen LogP contribution in [0.3, 0.4) is 0 Å². The molecule has 7 rings (SSSR count). The largest absolute Gasteiger partial charge is 0.382 e. The second-order valence-electron chi connectivity index (χ2n) is 10.4. The summed E-state index contributed by atoms with van der Waals surface area (Å²) >= 11 is 5.10. The summed E-state index contributed by atoms with van der Waals surface area (Å²) in [4.78, 5) is 39.1. The third kappa shape index (κ3) is 5.48. The van der Waals surface area contributed by atoms with Gasteiger partial charge in [0.2, 0.25) is 7.57 Å². The van der Waals surface area contributed by atoms with Crippen molar-refractivity contribution in [3.05, 3.63) is 30.2 Å². The van der Waals surface area contributed by atoms with Gasteiger partial charge in [-0.25, -0.2) is 33.1 Å². The minimum Gasteiger partial charge on any atom is -0.382 e. The number of ether oxygens (including phenoxy) is 2. The Balaban J connectivity index is 1.16. The molecule has 0 aliphatic carbocycles. The number of nitrogens with zero attached hydrogens (tertiary/aromatic N) is 6. The van der Waals surface area contributed by atoms with Gasteiger partial charge >= 0.3 is 6.72 Å². The molecule has 3 N–H and O–H groups in total. The minimum absolute atomic E-state index is 0.0281. The van der Waals surface area contributed by atoms with Crippen molar-refractivity contribution in [2.24, 2.45) is 4.99 Å². The highest BCUT2D eigenvalue weighted by atomic mass is 32.5. The maximum Gasteiger partial charge on any atom is 0.325 e. The van der Waals surface area contributed by atoms with E-state index in [9.17, 15) is 18.6 Å². The average Bonchev–Trinajstić information content (AvgIpc) is 3.71. The molecule has 7 heterocycles. The molecule has 3 aromatic heterocycles. The fourth-order valence-corrected chi connectivity index (χ4v) is 7.97. The number of nitrogens with two attached hydrogens (primary N) is 1. The number of nitrogen functional groups attached to an aromatic ring is 1. The zero-order valence-corrected chi connectivity index (χ0v) is 25.1. The van der Waals surface area contributed by atoms with E-state index in [1.54, 1.807) is 0 Å². The number of aliphatic imine (C=N–C) groups is 1. The number of aromatic nitrogens is 5. The zero-order chi connectivity index (χ0) is 31.8. The Morgan fingerprint density at radius 2 is 1.71 bits per heavy atom. The van der Waals surface area contributed by atoms with E-state index in [0.717, 1.165) is 17.1 Å². The van der Waals surface area contributed by atoms with Crippen LogP contribution in [0.5, 0.6) is 0 Å². The Kier molecular flexibility index (Phi) is 7.79. The SMILES string of the molecule is [B]P1(=O)OC[C@H]2O[C@@H](n3cc(F)c4c3N=CCC4=O)[C@@H](F)C2OP(O)(=S)OC[C@H]2O[C@@H](n3cnc4c(N)ncnc43)C(F)[C@H]2O1. The van der Waals surface area contributed by atoms with Crippen LogP contribution in [0.1, 0.15) is 29.2 Å². The topological polar surface area (TPSA) is 197 Å². The summed E-state index contributed by atoms with van der Waals surface area (Å²) in [5.41, 5.74) is 5.74. The monoisotopic (exact) mass is 689 g/mol. The van der Waals surface area contributed by atoms with Crippen LogP contribution in [0.15, 0.2) is 23.8 Å². The maximum atomic E-state index is 16.0. The standard InChI is InChI=1S/C22H21BF3N7O9P2S/c23-43(35)37-4-10-17(14(26)21(39-10)32-3-8(24)12-9(34)1-2-28-19(12)32)42-44(36,45)38-5-11-16(41-43)13(25)22(40-11)33-7-31-15-18(27)29-6-30-20(15)33/h2-3,6-7,10-11,13-14,16-17,21-22H,1,4-5H2,(H,36,45)(H2,27,29,30)/t10-,11-,13?,14+,16+,17?,21-,22-,43?,44?/m1/s1. The van der Waals surface area contributed by atoms with Gasteiger partial charge in [0.15, 0.2) is 47.9 Å². The summed E-state index contributed by atoms with van der Waals surface area (Å²) in [7, 11) is 1.16. The molecule has 3 saturated heterocycles. The van der Waals surface area contributed by atoms with Gasteiger partial charge in [-0.05, 0) is 11.8 Å². The molecule has 238 valence electrons. The zero-order valence-electron chi connectivity index (χ0n) is 22.5. The molecule has 0 aromatic carbocycles. The molecule has 3 aromatic rings. The molecule has 2 radical (unpaired) electrons. The number of anilines is 1. The average molecular weight is 689 g/mol. The third-order valence-corrected chi connectivity index (χ3v) is 10.1. The number of hydrogen-bond acceptors (Lipinski definition) is 14. The van der Waals surface area contributed by atoms with Crippen molar-refractivity contribution in [2.75, 3.05) is 18.9 Å². The van der Waals surface area contributed by atoms with E-state index in [1.807, 2.05) is 0 Å². The van der Waals surface area contributed by atoms with Crippen molar-refractivity contribution in [1.82, 2.24) is 24.1 Å². The molecule has 10 atom stereocenters. The number of rotatable bonds is 2. The Bertz CT molecular complexity index is 1820. The van der Waals surface area contributed by atoms with Crippen LogP contribution in [-0.2, 0) is 43.9 Å². The summed E-state index contributed by atoms with van der Waals surface area (Å²) in [5, 5.41) is 0. The minimum atomic E-state index is -4.64. The van der Waals surface area contributed by atoms with Crippen LogP contribution >= 0.6 is 14.2 Å². The fraction of sp³-hybridized carbons (Fsp3) is 0.500. The molecule has 4 aliphatic rings. The van der Waals surface area contributed by atoms with Crippen LogP contribution in [0, 0.1) is 5.82 Å². The highest BCUT2D eigenvalue weighted by Gasteiger charge is 2.54. The summed E-state index contributed by atoms with van der Waals surface area (Å²) < 4.78 is 95.0. The number of halogens is 3. The van der Waals surface area contributed by atoms with Gasteiger partial charge in [-0.2, -0.15) is 0 Å². The number of carbonyl (C=O) groups excluding carboxylic acids is 1. The highest BCUT2D eigenvalue weighted by Crippen LogP contribution is 2.54. The van der Waals surface area contributed by atoms with Crippen LogP contribution < -0.4 is 5.73 Å². The molecule has 0 bridgehead atoms. The summed E-state index contributed by atoms with van der Waals surface area (Å²) in [5.74, 6) is -1.70. The lowest BCUT2D eigenvalue weighted by molar-refractivity contribution is -0.0568. The number of ketones is 1. The van der Waals surface area contributed by atoms with Crippen molar-refractivity contribution in [1.29, 1.82) is 0 Å². The van der Waals surface area contributed by atoms with Crippen LogP contribution in [0.4, 0.5) is 24.8 Å². The van der Waals surface area contributed by atoms with E-state index in [-0.39, 0.29) is 34.8 Å². The van der Waals surface area contributed by atoms with Crippen molar-refractivity contribution >= 4 is 68.4 Å². The lowest BCUT2D eigenvalue weighted by Gasteiger charge is -2.29. The van der Waals surface area contributed by atoms with Crippen molar-refractivity contribution in [2.45, 2.75) is 55.6 Å². The molecule has 3 fully saturated rings. The van der Waals surface area contributed by atoms with Gasteiger partial charge in [-0.3, -0.25) is 23.0 Å². The first-order valence-corrected chi connectivity index (χ1v) is 17.4. The summed E-state index contributed by atoms with van der Waals surface area (Å²) in [6.07, 6.45) is -9.49. The molecule has 4 unspecified atom stereocenters. The van der Waals surface area contributed by atoms with E-state index < -0.39 is 88.2 Å². The van der Waals surface area contributed by atoms with Crippen molar-refractivity contribution in [3.8, 4) is 0 Å². The Morgan fingerprint density at radius 3 is 2.44 bits per heavy atom. The normalized spacial score (nSPS) is 38.8. The lowest BCUT2D eigenvalue weighted by atomic mass is 10.1. The van der Waals surface area contributed by atoms with Crippen LogP contribution in [-0.4, -0.2) is 98.5 Å². The number of alkyl halides is 2. The Labute approximate surface area is 257 Å². The molecule has 45 heavy (non-hydrogen) atoms. The fourth-order valence-electron chi connectivity index (χ4n) is 5.53. The number of imidazole rings is 1. The Morgan fingerprint density at radius 1 is 1.04 bits per heavy atom. The van der Waals surface area contributed by atoms with Crippen LogP contribution in [0.2, 0.25) is 0 Å². The van der Waals surface area contributed by atoms with E-state index in [0.29, 0.717) is 0 Å². The number of Topliss-reactive ketones (excluding diaryl/α,β-unsaturated/α-hetero) is 1. The molecule has 4 aliphatic heterocycles. The molecule has 0 spiro atoms. The quantitative estimate of drug-likeness (QED) is 0.293. The predicted molar refractivity (Wildman–Crippen MR) is 150 cm³/mol. The van der Waals surface area contributed by atoms with Crippen LogP contribution in [0.25, 0.3) is 11.2 Å². The molecule has 0 saturated carbocycles. The van der Waals surface area contributed by atoms with Gasteiger partial charge in [0, 0.05) is 18.8 Å². The lowest BCUT2D eigenvalue weighted by Crippen LogP contribution is -2.37. The first-order chi connectivity index (χ1) is 21.3. The second kappa shape index (κ2) is 11.3. The van der Waals surface area contributed by atoms with Gasteiger partial charge < -0.3 is 33.7 Å². The highest BCUT2D eigenvalue weighted by molar-refractivity contribution is 8.07. The van der Waals surface area contributed by atoms with Gasteiger partial charge in [0.05, 0.1) is 25.1 Å². The molecule has 23 heteroatoms. The molecule has 16 nitrogen and oxygen atoms in total. The number of hydrogen-bond donors (Lipinski definition) is 2. The number of fused-ring (bicyclic) bond motifs is 4. The third-order valence-electron chi connectivity index (χ3n) is 7.54. The molecule has 0 amide bonds. The van der Waals surface area contributed by atoms with Crippen molar-refractivity contribution < 1.29 is 55.0 Å². The molecular formula is C22H21BF3N7O9P2S. The van der Waals surface area contributed by atoms with E-state index in [4.69, 9.17) is 52.7 Å². The van der Waals surface area contributed by atoms with E-state index in [1.165, 1.54) is 17.1 Å². The van der Waals surface area contributed by atoms with Gasteiger partial charge in [0.25, 0.3) is 7.47 Å². The first kappa shape index (κ1) is 31.0. The molecular weight excluding hydrogens is 668 g/mol. The summed E-state index contributed by atoms with van der Waals surface area (Å²) in [6, 6.07) is 0. The smallest absolute Gasteiger partial charge is 0.325 e. The van der Waals surface area contributed by atoms with E-state index in [2.05, 4.69) is 19.9 Å². The van der Waals surface area contributed by atoms with Crippen molar-refractivity contribution in [3.63, 3.8) is 0 Å². The van der Waals surface area contributed by atoms with Gasteiger partial charge in [0.1, 0.15) is 42.1 Å². The van der Waals surface area contributed by atoms with Gasteiger partial charge in [-0.15, -0.1) is 0 Å². The second-order valence-corrected chi connectivity index (χ2v) is 14.7. The Hall–Kier alpha value is -2.58.